The Morgan fingerprint density at radius 1 is 1.12 bits per heavy atom. The number of ether oxygens (including phenoxy) is 2. The molecule has 1 aromatic carbocycles. The maximum absolute atomic E-state index is 12.2. The highest BCUT2D eigenvalue weighted by atomic mass is 16.6. The molecular weight excluding hydrogens is 414 g/mol. The van der Waals surface area contributed by atoms with Gasteiger partial charge in [0.05, 0.1) is 11.9 Å². The molecule has 10 heteroatoms. The molecule has 0 amide bonds. The van der Waals surface area contributed by atoms with Gasteiger partial charge in [-0.15, -0.1) is 0 Å². The van der Waals surface area contributed by atoms with Crippen LogP contribution in [0, 0.1) is 0 Å². The third-order valence-corrected chi connectivity index (χ3v) is 6.05. The van der Waals surface area contributed by atoms with Gasteiger partial charge in [0.15, 0.2) is 23.2 Å². The van der Waals surface area contributed by atoms with Crippen molar-refractivity contribution in [2.75, 3.05) is 11.9 Å². The molecular formula is C22H25N5O5. The number of hydrogen-bond acceptors (Lipinski definition) is 9. The van der Waals surface area contributed by atoms with Gasteiger partial charge in [-0.3, -0.25) is 4.57 Å². The van der Waals surface area contributed by atoms with Gasteiger partial charge in [0.1, 0.15) is 31.2 Å². The van der Waals surface area contributed by atoms with Gasteiger partial charge in [-0.05, 0) is 25.0 Å². The number of aromatic nitrogens is 4. The average Bonchev–Trinajstić information content (AvgIpc) is 3.54. The number of carbonyl (C=O) groups is 1. The lowest BCUT2D eigenvalue weighted by molar-refractivity contribution is -0.0565. The van der Waals surface area contributed by atoms with Crippen LogP contribution in [0.25, 0.3) is 11.2 Å². The van der Waals surface area contributed by atoms with Crippen molar-refractivity contribution in [1.82, 2.24) is 19.5 Å². The van der Waals surface area contributed by atoms with Crippen LogP contribution in [0.4, 0.5) is 5.82 Å². The van der Waals surface area contributed by atoms with Crippen LogP contribution in [0.5, 0.6) is 0 Å². The molecule has 1 saturated carbocycles. The monoisotopic (exact) mass is 439 g/mol. The fraction of sp³-hybridized carbons (Fsp3) is 0.455. The van der Waals surface area contributed by atoms with Gasteiger partial charge in [0, 0.05) is 6.04 Å². The molecule has 1 saturated heterocycles. The fourth-order valence-corrected chi connectivity index (χ4v) is 4.32. The van der Waals surface area contributed by atoms with Crippen LogP contribution >= 0.6 is 0 Å². The van der Waals surface area contributed by atoms with Crippen molar-refractivity contribution in [2.45, 2.75) is 56.3 Å². The van der Waals surface area contributed by atoms with Crippen LogP contribution < -0.4 is 5.32 Å². The lowest BCUT2D eigenvalue weighted by Crippen LogP contribution is -2.34. The third-order valence-electron chi connectivity index (χ3n) is 6.05. The molecule has 3 N–H and O–H groups in total. The van der Waals surface area contributed by atoms with E-state index in [1.165, 1.54) is 25.5 Å². The van der Waals surface area contributed by atoms with Crippen LogP contribution in [0.3, 0.4) is 0 Å². The van der Waals surface area contributed by atoms with Crippen LogP contribution in [0.2, 0.25) is 0 Å². The van der Waals surface area contributed by atoms with E-state index in [4.69, 9.17) is 9.47 Å². The van der Waals surface area contributed by atoms with Gasteiger partial charge in [0.2, 0.25) is 0 Å². The number of nitrogens with zero attached hydrogens (tertiary/aromatic N) is 4. The maximum Gasteiger partial charge on any atom is 0.338 e. The van der Waals surface area contributed by atoms with Crippen LogP contribution in [0.1, 0.15) is 42.3 Å². The molecule has 10 nitrogen and oxygen atoms in total. The Bertz CT molecular complexity index is 1080. The van der Waals surface area contributed by atoms with Crippen molar-refractivity contribution in [3.63, 3.8) is 0 Å². The molecule has 2 aliphatic rings. The minimum Gasteiger partial charge on any atom is -0.459 e. The summed E-state index contributed by atoms with van der Waals surface area (Å²) in [6.45, 7) is -0.196. The van der Waals surface area contributed by atoms with Gasteiger partial charge in [0.25, 0.3) is 0 Å². The molecule has 5 rings (SSSR count). The van der Waals surface area contributed by atoms with E-state index in [0.29, 0.717) is 28.6 Å². The summed E-state index contributed by atoms with van der Waals surface area (Å²) in [7, 11) is 0. The van der Waals surface area contributed by atoms with Crippen molar-refractivity contribution < 1.29 is 24.5 Å². The minimum atomic E-state index is -1.24. The van der Waals surface area contributed by atoms with Crippen molar-refractivity contribution >= 4 is 23.0 Å². The second-order valence-electron chi connectivity index (χ2n) is 8.18. The normalized spacial score (nSPS) is 25.9. The smallest absolute Gasteiger partial charge is 0.338 e. The maximum atomic E-state index is 12.2. The van der Waals surface area contributed by atoms with Crippen molar-refractivity contribution in [1.29, 1.82) is 0 Å². The second-order valence-corrected chi connectivity index (χ2v) is 8.18. The molecule has 1 aliphatic carbocycles. The lowest BCUT2D eigenvalue weighted by atomic mass is 10.1. The van der Waals surface area contributed by atoms with Gasteiger partial charge in [-0.25, -0.2) is 19.7 Å². The molecule has 32 heavy (non-hydrogen) atoms. The molecule has 2 unspecified atom stereocenters. The second kappa shape index (κ2) is 8.81. The molecule has 0 bridgehead atoms. The predicted molar refractivity (Wildman–Crippen MR) is 114 cm³/mol. The first-order valence-electron chi connectivity index (χ1n) is 10.8. The van der Waals surface area contributed by atoms with E-state index in [1.807, 2.05) is 0 Å². The van der Waals surface area contributed by atoms with E-state index >= 15 is 0 Å². The third kappa shape index (κ3) is 3.92. The molecule has 2 fully saturated rings. The number of imidazole rings is 1. The zero-order valence-corrected chi connectivity index (χ0v) is 17.4. The Kier molecular flexibility index (Phi) is 5.73. The highest BCUT2D eigenvalue weighted by Gasteiger charge is 2.45. The number of aliphatic hydroxyl groups excluding tert-OH is 2. The molecule has 0 radical (unpaired) electrons. The van der Waals surface area contributed by atoms with Crippen LogP contribution in [-0.4, -0.2) is 66.7 Å². The Morgan fingerprint density at radius 3 is 2.69 bits per heavy atom. The highest BCUT2D eigenvalue weighted by Crippen LogP contribution is 2.33. The predicted octanol–water partition coefficient (Wildman–Crippen LogP) is 1.66. The van der Waals surface area contributed by atoms with E-state index in [1.54, 1.807) is 34.9 Å². The average molecular weight is 439 g/mol. The summed E-state index contributed by atoms with van der Waals surface area (Å²) in [4.78, 5) is 25.3. The zero-order chi connectivity index (χ0) is 22.1. The summed E-state index contributed by atoms with van der Waals surface area (Å²) in [5.74, 6) is 0.116. The first-order chi connectivity index (χ1) is 15.6. The zero-order valence-electron chi connectivity index (χ0n) is 17.4. The van der Waals surface area contributed by atoms with E-state index in [-0.39, 0.29) is 6.61 Å². The molecule has 3 aromatic rings. The lowest BCUT2D eigenvalue weighted by Gasteiger charge is -2.17. The van der Waals surface area contributed by atoms with E-state index < -0.39 is 30.5 Å². The Morgan fingerprint density at radius 2 is 1.91 bits per heavy atom. The highest BCUT2D eigenvalue weighted by molar-refractivity contribution is 5.89. The van der Waals surface area contributed by atoms with Crippen molar-refractivity contribution in [2.24, 2.45) is 0 Å². The Hall–Kier alpha value is -3.08. The van der Waals surface area contributed by atoms with E-state index in [2.05, 4.69) is 20.3 Å². The summed E-state index contributed by atoms with van der Waals surface area (Å²) in [6.07, 6.45) is 3.22. The molecule has 4 atom stereocenters. The molecule has 0 spiro atoms. The number of anilines is 1. The number of fused-ring (bicyclic) bond motifs is 1. The molecule has 168 valence electrons. The SMILES string of the molecule is O=C(OC[C@H]1O[C@@H](n2cnc3c(NC4CCCC4)ncnc32)C(O)C1O)c1ccccc1. The van der Waals surface area contributed by atoms with Crippen LogP contribution in [-0.2, 0) is 9.47 Å². The number of aliphatic hydroxyl groups is 2. The number of esters is 1. The number of rotatable bonds is 6. The first kappa shape index (κ1) is 20.8. The topological polar surface area (TPSA) is 132 Å². The van der Waals surface area contributed by atoms with Gasteiger partial charge in [-0.1, -0.05) is 31.0 Å². The molecule has 2 aromatic heterocycles. The standard InChI is InChI=1S/C22H25N5O5/c28-17-15(10-31-22(30)13-6-2-1-3-7-13)32-21(18(17)29)27-12-25-16-19(23-11-24-20(16)27)26-14-8-4-5-9-14/h1-3,6-7,11-12,14-15,17-18,21,28-29H,4-5,8-10H2,(H,23,24,26)/t15-,17?,18?,21-/m1/s1. The number of benzene rings is 1. The number of nitrogens with one attached hydrogen (secondary N) is 1. The Labute approximate surface area is 184 Å². The minimum absolute atomic E-state index is 0.196. The van der Waals surface area contributed by atoms with Crippen molar-refractivity contribution in [3.8, 4) is 0 Å². The van der Waals surface area contributed by atoms with Crippen LogP contribution in [0.15, 0.2) is 43.0 Å². The summed E-state index contributed by atoms with van der Waals surface area (Å²) >= 11 is 0. The van der Waals surface area contributed by atoms with Gasteiger partial charge < -0.3 is 25.0 Å². The summed E-state index contributed by atoms with van der Waals surface area (Å²) in [5, 5.41) is 24.5. The fourth-order valence-electron chi connectivity index (χ4n) is 4.32. The summed E-state index contributed by atoms with van der Waals surface area (Å²) < 4.78 is 12.7. The number of carbonyl (C=O) groups excluding carboxylic acids is 1. The van der Waals surface area contributed by atoms with Gasteiger partial charge in [-0.2, -0.15) is 0 Å². The van der Waals surface area contributed by atoms with Crippen molar-refractivity contribution in [3.05, 3.63) is 48.5 Å². The van der Waals surface area contributed by atoms with E-state index in [0.717, 1.165) is 12.8 Å². The molecule has 1 aliphatic heterocycles. The first-order valence-corrected chi connectivity index (χ1v) is 10.8. The summed E-state index contributed by atoms with van der Waals surface area (Å²) in [5.41, 5.74) is 1.46. The van der Waals surface area contributed by atoms with E-state index in [9.17, 15) is 15.0 Å². The Balaban J connectivity index is 1.31. The van der Waals surface area contributed by atoms with Gasteiger partial charge >= 0.3 is 5.97 Å². The number of hydrogen-bond donors (Lipinski definition) is 3. The quantitative estimate of drug-likeness (QED) is 0.491. The summed E-state index contributed by atoms with van der Waals surface area (Å²) in [6, 6.07) is 8.91. The molecule has 3 heterocycles. The largest absolute Gasteiger partial charge is 0.459 e.